The average molecular weight is 404 g/mol. The van der Waals surface area contributed by atoms with E-state index in [2.05, 4.69) is 4.98 Å². The van der Waals surface area contributed by atoms with Crippen LogP contribution in [0.25, 0.3) is 16.3 Å². The Kier molecular flexibility index (Phi) is 6.21. The van der Waals surface area contributed by atoms with Crippen molar-refractivity contribution in [2.45, 2.75) is 0 Å². The van der Waals surface area contributed by atoms with Crippen LogP contribution in [0, 0.1) is 5.82 Å². The van der Waals surface area contributed by atoms with Crippen LogP contribution in [0.3, 0.4) is 0 Å². The Morgan fingerprint density at radius 2 is 2.00 bits per heavy atom. The van der Waals surface area contributed by atoms with E-state index in [1.54, 1.807) is 23.1 Å². The van der Waals surface area contributed by atoms with Gasteiger partial charge in [0.1, 0.15) is 5.82 Å². The first kappa shape index (κ1) is 19.5. The third-order valence-corrected chi connectivity index (χ3v) is 5.30. The van der Waals surface area contributed by atoms with E-state index in [1.165, 1.54) is 29.5 Å². The molecule has 1 heterocycles. The molecule has 0 saturated heterocycles. The molecule has 0 fully saturated rings. The van der Waals surface area contributed by atoms with Crippen molar-refractivity contribution in [3.8, 4) is 0 Å². The molecule has 0 aliphatic heterocycles. The van der Waals surface area contributed by atoms with Gasteiger partial charge in [0, 0.05) is 24.2 Å². The molecular formula is C20H19ClFN3OS. The largest absolute Gasteiger partial charge is 0.308 e. The minimum absolute atomic E-state index is 0.198. The van der Waals surface area contributed by atoms with Gasteiger partial charge in [0.25, 0.3) is 5.91 Å². The summed E-state index contributed by atoms with van der Waals surface area (Å²) in [5.41, 5.74) is 1.44. The Hall–Kier alpha value is -2.28. The van der Waals surface area contributed by atoms with E-state index in [-0.39, 0.29) is 11.7 Å². The molecule has 2 aromatic carbocycles. The number of fused-ring (bicyclic) bond motifs is 1. The second-order valence-electron chi connectivity index (χ2n) is 6.26. The Morgan fingerprint density at radius 3 is 2.74 bits per heavy atom. The van der Waals surface area contributed by atoms with Gasteiger partial charge in [-0.25, -0.2) is 9.37 Å². The van der Waals surface area contributed by atoms with Gasteiger partial charge < -0.3 is 4.90 Å². The lowest BCUT2D eigenvalue weighted by Gasteiger charge is -2.20. The molecule has 4 nitrogen and oxygen atoms in total. The van der Waals surface area contributed by atoms with Crippen molar-refractivity contribution in [2.75, 3.05) is 32.1 Å². The number of benzene rings is 2. The highest BCUT2D eigenvalue weighted by Gasteiger charge is 2.18. The summed E-state index contributed by atoms with van der Waals surface area (Å²) in [6, 6.07) is 11.8. The minimum Gasteiger partial charge on any atom is -0.308 e. The first-order valence-corrected chi connectivity index (χ1v) is 9.58. The number of amides is 1. The number of thiazole rings is 1. The van der Waals surface area contributed by atoms with Gasteiger partial charge in [-0.05, 0) is 50.0 Å². The predicted octanol–water partition coefficient (Wildman–Crippen LogP) is 4.70. The average Bonchev–Trinajstić information content (AvgIpc) is 3.03. The van der Waals surface area contributed by atoms with E-state index in [0.29, 0.717) is 33.5 Å². The molecule has 0 spiro atoms. The molecule has 3 aromatic rings. The highest BCUT2D eigenvalue weighted by atomic mass is 35.5. The highest BCUT2D eigenvalue weighted by Crippen LogP contribution is 2.29. The molecule has 1 aromatic heterocycles. The molecule has 0 aliphatic carbocycles. The molecular weight excluding hydrogens is 385 g/mol. The number of hydrogen-bond donors (Lipinski definition) is 0. The van der Waals surface area contributed by atoms with E-state index in [4.69, 9.17) is 11.6 Å². The molecule has 7 heteroatoms. The smallest absolute Gasteiger partial charge is 0.252 e. The van der Waals surface area contributed by atoms with Crippen molar-refractivity contribution in [3.63, 3.8) is 0 Å². The monoisotopic (exact) mass is 403 g/mol. The van der Waals surface area contributed by atoms with Crippen LogP contribution in [0.2, 0.25) is 5.02 Å². The number of anilines is 1. The predicted molar refractivity (Wildman–Crippen MR) is 111 cm³/mol. The van der Waals surface area contributed by atoms with Crippen LogP contribution in [0.15, 0.2) is 48.5 Å². The maximum absolute atomic E-state index is 13.5. The van der Waals surface area contributed by atoms with Crippen molar-refractivity contribution in [2.24, 2.45) is 0 Å². The standard InChI is InChI=1S/C20H19ClFN3OS/c1-24(2)11-12-25(19(26)10-7-14-5-3-4-6-16(14)21)20-23-17-9-8-15(22)13-18(17)27-20/h3-10,13H,11-12H2,1-2H3/b10-7+. The van der Waals surface area contributed by atoms with Gasteiger partial charge >= 0.3 is 0 Å². The summed E-state index contributed by atoms with van der Waals surface area (Å²) in [6.45, 7) is 1.15. The number of rotatable bonds is 6. The maximum Gasteiger partial charge on any atom is 0.252 e. The minimum atomic E-state index is -0.317. The van der Waals surface area contributed by atoms with Gasteiger partial charge in [0.2, 0.25) is 0 Å². The van der Waals surface area contributed by atoms with Gasteiger partial charge in [-0.1, -0.05) is 41.1 Å². The summed E-state index contributed by atoms with van der Waals surface area (Å²) >= 11 is 7.45. The zero-order valence-electron chi connectivity index (χ0n) is 15.0. The Balaban J connectivity index is 1.89. The number of nitrogens with zero attached hydrogens (tertiary/aromatic N) is 3. The molecule has 0 radical (unpaired) electrons. The van der Waals surface area contributed by atoms with Crippen molar-refractivity contribution in [1.82, 2.24) is 9.88 Å². The molecule has 3 rings (SSSR count). The van der Waals surface area contributed by atoms with Gasteiger partial charge in [-0.3, -0.25) is 9.69 Å². The SMILES string of the molecule is CN(C)CCN(C(=O)/C=C/c1ccccc1Cl)c1nc2ccc(F)cc2s1. The fourth-order valence-corrected chi connectivity index (χ4v) is 3.68. The first-order chi connectivity index (χ1) is 12.9. The lowest BCUT2D eigenvalue weighted by atomic mass is 10.2. The second-order valence-corrected chi connectivity index (χ2v) is 7.67. The summed E-state index contributed by atoms with van der Waals surface area (Å²) in [7, 11) is 3.88. The number of hydrogen-bond acceptors (Lipinski definition) is 4. The lowest BCUT2D eigenvalue weighted by Crippen LogP contribution is -2.35. The summed E-state index contributed by atoms with van der Waals surface area (Å²) in [5.74, 6) is -0.515. The van der Waals surface area contributed by atoms with Crippen molar-refractivity contribution in [1.29, 1.82) is 0 Å². The van der Waals surface area contributed by atoms with Gasteiger partial charge in [0.05, 0.1) is 10.2 Å². The van der Waals surface area contributed by atoms with Crippen LogP contribution in [0.5, 0.6) is 0 Å². The number of likely N-dealkylation sites (N-methyl/N-ethyl adjacent to an activating group) is 1. The van der Waals surface area contributed by atoms with E-state index in [9.17, 15) is 9.18 Å². The van der Waals surface area contributed by atoms with Crippen LogP contribution < -0.4 is 4.90 Å². The molecule has 27 heavy (non-hydrogen) atoms. The van der Waals surface area contributed by atoms with Crippen LogP contribution in [-0.2, 0) is 4.79 Å². The topological polar surface area (TPSA) is 36.4 Å². The zero-order valence-corrected chi connectivity index (χ0v) is 16.6. The Bertz CT molecular complexity index is 986. The van der Waals surface area contributed by atoms with Crippen molar-refractivity contribution in [3.05, 3.63) is 64.9 Å². The summed E-state index contributed by atoms with van der Waals surface area (Å²) in [5, 5.41) is 1.13. The molecule has 0 bridgehead atoms. The van der Waals surface area contributed by atoms with Crippen LogP contribution >= 0.6 is 22.9 Å². The van der Waals surface area contributed by atoms with Gasteiger partial charge in [-0.2, -0.15) is 0 Å². The van der Waals surface area contributed by atoms with E-state index in [0.717, 1.165) is 5.56 Å². The van der Waals surface area contributed by atoms with Crippen LogP contribution in [0.1, 0.15) is 5.56 Å². The van der Waals surface area contributed by atoms with Gasteiger partial charge in [-0.15, -0.1) is 0 Å². The van der Waals surface area contributed by atoms with Crippen molar-refractivity contribution < 1.29 is 9.18 Å². The third kappa shape index (κ3) is 4.91. The third-order valence-electron chi connectivity index (χ3n) is 3.92. The van der Waals surface area contributed by atoms with Crippen LogP contribution in [-0.4, -0.2) is 43.0 Å². The first-order valence-electron chi connectivity index (χ1n) is 8.39. The maximum atomic E-state index is 13.5. The Morgan fingerprint density at radius 1 is 1.22 bits per heavy atom. The number of halogens is 2. The quantitative estimate of drug-likeness (QED) is 0.560. The number of carbonyl (C=O) groups is 1. The van der Waals surface area contributed by atoms with E-state index >= 15 is 0 Å². The fraction of sp³-hybridized carbons (Fsp3) is 0.200. The zero-order chi connectivity index (χ0) is 19.4. The van der Waals surface area contributed by atoms with Gasteiger partial charge in [0.15, 0.2) is 5.13 Å². The lowest BCUT2D eigenvalue weighted by molar-refractivity contribution is -0.114. The molecule has 0 atom stereocenters. The van der Waals surface area contributed by atoms with Crippen LogP contribution in [0.4, 0.5) is 9.52 Å². The summed E-state index contributed by atoms with van der Waals surface area (Å²) in [4.78, 5) is 21.0. The van der Waals surface area contributed by atoms with E-state index < -0.39 is 0 Å². The summed E-state index contributed by atoms with van der Waals surface area (Å²) < 4.78 is 14.2. The van der Waals surface area contributed by atoms with Crippen molar-refractivity contribution >= 4 is 50.3 Å². The molecule has 1 amide bonds. The highest BCUT2D eigenvalue weighted by molar-refractivity contribution is 7.22. The number of carbonyl (C=O) groups excluding carboxylic acids is 1. The second kappa shape index (κ2) is 8.61. The molecule has 0 N–H and O–H groups in total. The fourth-order valence-electron chi connectivity index (χ4n) is 2.46. The molecule has 0 unspecified atom stereocenters. The summed E-state index contributed by atoms with van der Waals surface area (Å²) in [6.07, 6.45) is 3.18. The molecule has 0 saturated carbocycles. The molecule has 0 aliphatic rings. The molecule has 140 valence electrons. The number of aromatic nitrogens is 1. The van der Waals surface area contributed by atoms with E-state index in [1.807, 2.05) is 37.2 Å². The normalized spacial score (nSPS) is 11.6. The Labute approximate surface area is 166 Å².